The normalized spacial score (nSPS) is 10.4. The van der Waals surface area contributed by atoms with E-state index in [1.165, 1.54) is 24.3 Å². The van der Waals surface area contributed by atoms with Gasteiger partial charge in [0.2, 0.25) is 0 Å². The molecule has 0 saturated heterocycles. The number of ether oxygens (including phenoxy) is 6. The Hall–Kier alpha value is -4.90. The van der Waals surface area contributed by atoms with Crippen LogP contribution in [-0.4, -0.2) is 62.2 Å². The summed E-state index contributed by atoms with van der Waals surface area (Å²) >= 11 is 0. The molecule has 0 fully saturated rings. The van der Waals surface area contributed by atoms with Crippen LogP contribution in [0, 0.1) is 0 Å². The number of carbonyl (C=O) groups excluding carboxylic acids is 4. The van der Waals surface area contributed by atoms with Crippen molar-refractivity contribution >= 4 is 30.1 Å². The molecule has 0 bridgehead atoms. The van der Waals surface area contributed by atoms with Crippen LogP contribution in [-0.2, 0) is 28.6 Å². The minimum atomic E-state index is -0.884. The summed E-state index contributed by atoms with van der Waals surface area (Å²) in [6, 6.07) is 12.7. The zero-order chi connectivity index (χ0) is 30.0. The number of hydrogen-bond donors (Lipinski definition) is 1. The van der Waals surface area contributed by atoms with Crippen molar-refractivity contribution in [1.82, 2.24) is 0 Å². The van der Waals surface area contributed by atoms with E-state index in [2.05, 4.69) is 13.2 Å². The summed E-state index contributed by atoms with van der Waals surface area (Å²) in [4.78, 5) is 46.6. The second-order valence-electron chi connectivity index (χ2n) is 8.36. The van der Waals surface area contributed by atoms with Crippen LogP contribution in [0.2, 0.25) is 0 Å². The maximum atomic E-state index is 12.1. The van der Waals surface area contributed by atoms with Gasteiger partial charge < -0.3 is 33.5 Å². The maximum Gasteiger partial charge on any atom is 0.513 e. The van der Waals surface area contributed by atoms with Crippen LogP contribution >= 0.6 is 0 Å². The molecule has 41 heavy (non-hydrogen) atoms. The Morgan fingerprint density at radius 3 is 1.93 bits per heavy atom. The van der Waals surface area contributed by atoms with Crippen molar-refractivity contribution in [2.24, 2.45) is 0 Å². The van der Waals surface area contributed by atoms with Crippen molar-refractivity contribution in [3.63, 3.8) is 0 Å². The first kappa shape index (κ1) is 32.3. The lowest BCUT2D eigenvalue weighted by molar-refractivity contribution is -0.140. The van der Waals surface area contributed by atoms with Gasteiger partial charge in [0.05, 0.1) is 25.4 Å². The van der Waals surface area contributed by atoms with Crippen molar-refractivity contribution in [3.8, 4) is 17.2 Å². The van der Waals surface area contributed by atoms with Gasteiger partial charge in [0, 0.05) is 11.6 Å². The van der Waals surface area contributed by atoms with Gasteiger partial charge in [-0.3, -0.25) is 0 Å². The van der Waals surface area contributed by atoms with Crippen molar-refractivity contribution in [2.45, 2.75) is 19.8 Å². The van der Waals surface area contributed by atoms with Crippen molar-refractivity contribution in [3.05, 3.63) is 84.5 Å². The molecule has 11 nitrogen and oxygen atoms in total. The number of benzene rings is 2. The quantitative estimate of drug-likeness (QED) is 0.0777. The zero-order valence-electron chi connectivity index (χ0n) is 22.7. The van der Waals surface area contributed by atoms with Crippen LogP contribution in [0.3, 0.4) is 0 Å². The van der Waals surface area contributed by atoms with Crippen molar-refractivity contribution < 1.29 is 52.7 Å². The fourth-order valence-electron chi connectivity index (χ4n) is 2.80. The molecule has 0 saturated carbocycles. The van der Waals surface area contributed by atoms with Crippen molar-refractivity contribution in [2.75, 3.05) is 33.0 Å². The van der Waals surface area contributed by atoms with Crippen LogP contribution in [0.15, 0.2) is 78.9 Å². The molecule has 1 N–H and O–H groups in total. The molecule has 218 valence electrons. The van der Waals surface area contributed by atoms with Crippen LogP contribution in [0.25, 0.3) is 6.08 Å². The lowest BCUT2D eigenvalue weighted by atomic mass is 10.2. The topological polar surface area (TPSA) is 144 Å². The molecule has 0 unspecified atom stereocenters. The number of aliphatic hydroxyl groups excluding tert-OH is 1. The summed E-state index contributed by atoms with van der Waals surface area (Å²) in [7, 11) is 0. The molecule has 0 aliphatic rings. The highest BCUT2D eigenvalue weighted by Gasteiger charge is 2.09. The number of hydrogen-bond acceptors (Lipinski definition) is 11. The van der Waals surface area contributed by atoms with Gasteiger partial charge in [0.25, 0.3) is 0 Å². The molecule has 0 atom stereocenters. The second kappa shape index (κ2) is 17.6. The molecule has 0 radical (unpaired) electrons. The molecule has 0 heterocycles. The first-order valence-corrected chi connectivity index (χ1v) is 12.5. The summed E-state index contributed by atoms with van der Waals surface area (Å²) in [5, 5.41) is 8.78. The Balaban J connectivity index is 1.66. The molecule has 2 aromatic rings. The van der Waals surface area contributed by atoms with Gasteiger partial charge in [0.1, 0.15) is 30.5 Å². The molecular weight excluding hydrogens is 536 g/mol. The minimum Gasteiger partial charge on any atom is -0.490 e. The number of unbranched alkanes of at least 4 members (excludes halogenated alkanes) is 1. The third-order valence-electron chi connectivity index (χ3n) is 4.94. The van der Waals surface area contributed by atoms with Gasteiger partial charge in [0.15, 0.2) is 0 Å². The van der Waals surface area contributed by atoms with Crippen LogP contribution < -0.4 is 14.2 Å². The fraction of sp³-hybridized carbons (Fsp3) is 0.267. The van der Waals surface area contributed by atoms with E-state index >= 15 is 0 Å². The third-order valence-corrected chi connectivity index (χ3v) is 4.94. The Bertz CT molecular complexity index is 1230. The van der Waals surface area contributed by atoms with E-state index in [0.717, 1.165) is 0 Å². The first-order chi connectivity index (χ1) is 19.7. The van der Waals surface area contributed by atoms with E-state index in [1.807, 2.05) is 0 Å². The second-order valence-corrected chi connectivity index (χ2v) is 8.36. The predicted octanol–water partition coefficient (Wildman–Crippen LogP) is 4.19. The standard InChI is InChI=1S/C30H32O11/c1-21(2)28(33)38-19-18-36-24-11-13-25(14-12-24)40-27(32)15-8-23-6-9-26(10-7-23)41-30(35)39-17-5-4-16-37-29(34)22(3)20-31/h6-15,31H,1,3-5,16-20H2,2H3/b15-8+. The number of rotatable bonds is 16. The largest absolute Gasteiger partial charge is 0.513 e. The Morgan fingerprint density at radius 2 is 1.29 bits per heavy atom. The number of aliphatic hydroxyl groups is 1. The Morgan fingerprint density at radius 1 is 0.732 bits per heavy atom. The van der Waals surface area contributed by atoms with Crippen LogP contribution in [0.4, 0.5) is 4.79 Å². The van der Waals surface area contributed by atoms with Gasteiger partial charge in [-0.25, -0.2) is 19.2 Å². The molecular formula is C30H32O11. The SMILES string of the molecule is C=C(C)C(=O)OCCOc1ccc(OC(=O)/C=C/c2ccc(OC(=O)OCCCCOC(=O)C(=C)CO)cc2)cc1. The van der Waals surface area contributed by atoms with E-state index in [-0.39, 0.29) is 37.8 Å². The molecule has 2 rings (SSSR count). The fourth-order valence-corrected chi connectivity index (χ4v) is 2.80. The molecule has 0 amide bonds. The molecule has 2 aromatic carbocycles. The molecule has 0 spiro atoms. The molecule has 0 aliphatic carbocycles. The predicted molar refractivity (Wildman–Crippen MR) is 147 cm³/mol. The summed E-state index contributed by atoms with van der Waals surface area (Å²) < 4.78 is 30.6. The molecule has 0 aliphatic heterocycles. The molecule has 11 heteroatoms. The zero-order valence-corrected chi connectivity index (χ0v) is 22.7. The van der Waals surface area contributed by atoms with E-state index in [0.29, 0.717) is 35.5 Å². The smallest absolute Gasteiger partial charge is 0.490 e. The van der Waals surface area contributed by atoms with E-state index < -0.39 is 30.7 Å². The Kier molecular flexibility index (Phi) is 13.9. The molecule has 0 aromatic heterocycles. The van der Waals surface area contributed by atoms with Crippen molar-refractivity contribution in [1.29, 1.82) is 0 Å². The lowest BCUT2D eigenvalue weighted by Gasteiger charge is -2.08. The van der Waals surface area contributed by atoms with Crippen LogP contribution in [0.5, 0.6) is 17.2 Å². The Labute approximate surface area is 237 Å². The van der Waals surface area contributed by atoms with E-state index in [9.17, 15) is 19.2 Å². The number of esters is 3. The van der Waals surface area contributed by atoms with Crippen LogP contribution in [0.1, 0.15) is 25.3 Å². The highest BCUT2D eigenvalue weighted by Crippen LogP contribution is 2.18. The third kappa shape index (κ3) is 13.1. The lowest BCUT2D eigenvalue weighted by Crippen LogP contribution is -2.13. The average Bonchev–Trinajstić information content (AvgIpc) is 2.96. The monoisotopic (exact) mass is 568 g/mol. The van der Waals surface area contributed by atoms with Gasteiger partial charge in [-0.2, -0.15) is 0 Å². The summed E-state index contributed by atoms with van der Waals surface area (Å²) in [6.07, 6.45) is 2.81. The highest BCUT2D eigenvalue weighted by atomic mass is 16.7. The highest BCUT2D eigenvalue weighted by molar-refractivity contribution is 5.89. The summed E-state index contributed by atoms with van der Waals surface area (Å²) in [5.74, 6) is -0.662. The summed E-state index contributed by atoms with van der Waals surface area (Å²) in [6.45, 7) is 8.37. The first-order valence-electron chi connectivity index (χ1n) is 12.5. The van der Waals surface area contributed by atoms with Gasteiger partial charge >= 0.3 is 24.1 Å². The van der Waals surface area contributed by atoms with E-state index in [4.69, 9.17) is 33.5 Å². The number of carbonyl (C=O) groups is 4. The minimum absolute atomic E-state index is 0.0290. The van der Waals surface area contributed by atoms with Gasteiger partial charge in [-0.15, -0.1) is 0 Å². The van der Waals surface area contributed by atoms with Gasteiger partial charge in [-0.1, -0.05) is 25.3 Å². The maximum absolute atomic E-state index is 12.1. The average molecular weight is 569 g/mol. The summed E-state index contributed by atoms with van der Waals surface area (Å²) in [5.41, 5.74) is 0.945. The van der Waals surface area contributed by atoms with E-state index in [1.54, 1.807) is 43.3 Å². The van der Waals surface area contributed by atoms with Gasteiger partial charge in [-0.05, 0) is 67.8 Å².